The molecule has 0 fully saturated rings. The van der Waals surface area contributed by atoms with Crippen molar-refractivity contribution < 1.29 is 0 Å². The second-order valence-corrected chi connectivity index (χ2v) is 5.17. The van der Waals surface area contributed by atoms with Crippen molar-refractivity contribution >= 4 is 46.3 Å². The summed E-state index contributed by atoms with van der Waals surface area (Å²) < 4.78 is 1.43. The van der Waals surface area contributed by atoms with Crippen LogP contribution in [0, 0.1) is 0 Å². The highest BCUT2D eigenvalue weighted by Crippen LogP contribution is 2.21. The van der Waals surface area contributed by atoms with Gasteiger partial charge in [0.05, 0.1) is 0 Å². The summed E-state index contributed by atoms with van der Waals surface area (Å²) in [4.78, 5) is 4.13. The first-order valence-electron chi connectivity index (χ1n) is 3.32. The molecule has 0 unspecified atom stereocenters. The van der Waals surface area contributed by atoms with Crippen molar-refractivity contribution in [1.82, 2.24) is 4.98 Å². The Balaban J connectivity index is 2.16. The Morgan fingerprint density at radius 3 is 3.08 bits per heavy atom. The summed E-state index contributed by atoms with van der Waals surface area (Å²) in [6, 6.07) is 0. The Bertz CT molecular complexity index is 242. The highest BCUT2D eigenvalue weighted by Gasteiger charge is 1.94. The van der Waals surface area contributed by atoms with Crippen molar-refractivity contribution in [2.24, 2.45) is 0 Å². The third-order valence-electron chi connectivity index (χ3n) is 1.05. The van der Waals surface area contributed by atoms with Crippen molar-refractivity contribution in [2.45, 2.75) is 10.8 Å². The van der Waals surface area contributed by atoms with Gasteiger partial charge in [-0.25, -0.2) is 4.98 Å². The van der Waals surface area contributed by atoms with E-state index in [1.54, 1.807) is 35.4 Å². The molecule has 66 valence electrons. The normalized spacial score (nSPS) is 9.83. The highest BCUT2D eigenvalue weighted by molar-refractivity contribution is 8.00. The van der Waals surface area contributed by atoms with E-state index in [2.05, 4.69) is 4.98 Å². The number of nitrogens with zero attached hydrogens (tertiary/aromatic N) is 1. The lowest BCUT2D eigenvalue weighted by atomic mass is 10.5. The van der Waals surface area contributed by atoms with Crippen LogP contribution in [0.25, 0.3) is 0 Å². The van der Waals surface area contributed by atoms with Crippen molar-refractivity contribution in [3.63, 3.8) is 0 Å². The van der Waals surface area contributed by atoms with Crippen molar-refractivity contribution in [2.75, 3.05) is 5.75 Å². The topological polar surface area (TPSA) is 12.9 Å². The minimum absolute atomic E-state index is 0.342. The lowest BCUT2D eigenvalue weighted by Crippen LogP contribution is -1.74. The summed E-state index contributed by atoms with van der Waals surface area (Å²) in [5, 5.41) is 1.96. The van der Waals surface area contributed by atoms with Crippen LogP contribution in [0.2, 0.25) is 0 Å². The van der Waals surface area contributed by atoms with E-state index < -0.39 is 0 Å². The van der Waals surface area contributed by atoms with Crippen LogP contribution in [-0.2, 0) is 0 Å². The molecule has 0 atom stereocenters. The molecule has 0 amide bonds. The fourth-order valence-electron chi connectivity index (χ4n) is 0.596. The number of thiazole rings is 1. The zero-order valence-corrected chi connectivity index (χ0v) is 9.31. The predicted octanol–water partition coefficient (Wildman–Crippen LogP) is 3.94. The summed E-state index contributed by atoms with van der Waals surface area (Å²) in [6.07, 6.45) is 4.48. The molecule has 0 saturated carbocycles. The van der Waals surface area contributed by atoms with Crippen molar-refractivity contribution in [3.8, 4) is 0 Å². The molecule has 1 nitrogen and oxygen atoms in total. The third-order valence-corrected chi connectivity index (χ3v) is 3.36. The minimum Gasteiger partial charge on any atom is -0.238 e. The first kappa shape index (κ1) is 10.4. The molecule has 5 heteroatoms. The van der Waals surface area contributed by atoms with E-state index in [1.807, 2.05) is 5.38 Å². The molecule has 0 aromatic carbocycles. The summed E-state index contributed by atoms with van der Waals surface area (Å²) >= 11 is 14.2. The summed E-state index contributed by atoms with van der Waals surface area (Å²) in [6.45, 7) is 0. The minimum atomic E-state index is 0.342. The van der Waals surface area contributed by atoms with Crippen LogP contribution in [0.5, 0.6) is 0 Å². The SMILES string of the molecule is ClC(Cl)=CCCSc1nccs1. The van der Waals surface area contributed by atoms with Crippen LogP contribution in [0.3, 0.4) is 0 Å². The van der Waals surface area contributed by atoms with Gasteiger partial charge in [0, 0.05) is 17.3 Å². The van der Waals surface area contributed by atoms with Gasteiger partial charge in [-0.3, -0.25) is 0 Å². The monoisotopic (exact) mass is 239 g/mol. The predicted molar refractivity (Wildman–Crippen MR) is 57.2 cm³/mol. The number of hydrogen-bond donors (Lipinski definition) is 0. The van der Waals surface area contributed by atoms with E-state index in [9.17, 15) is 0 Å². The Kier molecular flexibility index (Phi) is 5.07. The van der Waals surface area contributed by atoms with E-state index in [1.165, 1.54) is 0 Å². The standard InChI is InChI=1S/C7H7Cl2NS2/c8-6(9)2-1-4-11-7-10-3-5-12-7/h2-3,5H,1,4H2. The first-order chi connectivity index (χ1) is 5.79. The maximum absolute atomic E-state index is 5.44. The average Bonchev–Trinajstić information content (AvgIpc) is 2.49. The smallest absolute Gasteiger partial charge is 0.149 e. The molecule has 0 radical (unpaired) electrons. The quantitative estimate of drug-likeness (QED) is 0.584. The van der Waals surface area contributed by atoms with Gasteiger partial charge in [-0.1, -0.05) is 41.0 Å². The van der Waals surface area contributed by atoms with Crippen LogP contribution >= 0.6 is 46.3 Å². The molecule has 0 N–H and O–H groups in total. The molecular weight excluding hydrogens is 233 g/mol. The average molecular weight is 240 g/mol. The number of thioether (sulfide) groups is 1. The molecular formula is C7H7Cl2NS2. The van der Waals surface area contributed by atoms with Crippen LogP contribution in [0.1, 0.15) is 6.42 Å². The van der Waals surface area contributed by atoms with Gasteiger partial charge < -0.3 is 0 Å². The summed E-state index contributed by atoms with van der Waals surface area (Å²) in [5.41, 5.74) is 0. The van der Waals surface area contributed by atoms with Crippen LogP contribution in [-0.4, -0.2) is 10.7 Å². The Morgan fingerprint density at radius 1 is 1.67 bits per heavy atom. The van der Waals surface area contributed by atoms with Crippen molar-refractivity contribution in [3.05, 3.63) is 22.1 Å². The third kappa shape index (κ3) is 4.36. The molecule has 1 aromatic rings. The van der Waals surface area contributed by atoms with Gasteiger partial charge >= 0.3 is 0 Å². The second kappa shape index (κ2) is 5.86. The Labute approximate surface area is 89.8 Å². The molecule has 1 rings (SSSR count). The molecule has 0 bridgehead atoms. The second-order valence-electron chi connectivity index (χ2n) is 1.93. The van der Waals surface area contributed by atoms with Crippen LogP contribution in [0.15, 0.2) is 26.5 Å². The largest absolute Gasteiger partial charge is 0.238 e. The van der Waals surface area contributed by atoms with Crippen molar-refractivity contribution in [1.29, 1.82) is 0 Å². The fraction of sp³-hybridized carbons (Fsp3) is 0.286. The maximum Gasteiger partial charge on any atom is 0.149 e. The number of rotatable bonds is 4. The molecule has 0 aliphatic heterocycles. The van der Waals surface area contributed by atoms with E-state index >= 15 is 0 Å². The fourth-order valence-corrected chi connectivity index (χ4v) is 2.41. The first-order valence-corrected chi connectivity index (χ1v) is 5.94. The molecule has 12 heavy (non-hydrogen) atoms. The summed E-state index contributed by atoms with van der Waals surface area (Å²) in [7, 11) is 0. The van der Waals surface area contributed by atoms with Gasteiger partial charge in [0.25, 0.3) is 0 Å². The highest BCUT2D eigenvalue weighted by atomic mass is 35.5. The zero-order valence-electron chi connectivity index (χ0n) is 6.17. The van der Waals surface area contributed by atoms with Gasteiger partial charge in [-0.05, 0) is 6.42 Å². The maximum atomic E-state index is 5.44. The Morgan fingerprint density at radius 2 is 2.50 bits per heavy atom. The summed E-state index contributed by atoms with van der Waals surface area (Å²) in [5.74, 6) is 0.969. The number of halogens is 2. The number of allylic oxidation sites excluding steroid dienone is 1. The molecule has 0 aliphatic carbocycles. The van der Waals surface area contributed by atoms with Crippen LogP contribution < -0.4 is 0 Å². The Hall–Kier alpha value is 0.300. The molecule has 1 heterocycles. The lowest BCUT2D eigenvalue weighted by molar-refractivity contribution is 1.21. The molecule has 0 saturated heterocycles. The number of aromatic nitrogens is 1. The van der Waals surface area contributed by atoms with Gasteiger partial charge in [0.2, 0.25) is 0 Å². The van der Waals surface area contributed by atoms with Gasteiger partial charge in [-0.15, -0.1) is 11.3 Å². The van der Waals surface area contributed by atoms with E-state index in [0.29, 0.717) is 4.49 Å². The van der Waals surface area contributed by atoms with Gasteiger partial charge in [0.15, 0.2) is 0 Å². The van der Waals surface area contributed by atoms with Gasteiger partial charge in [0.1, 0.15) is 8.83 Å². The molecule has 1 aromatic heterocycles. The number of hydrogen-bond acceptors (Lipinski definition) is 3. The zero-order chi connectivity index (χ0) is 8.81. The molecule has 0 spiro atoms. The van der Waals surface area contributed by atoms with Crippen LogP contribution in [0.4, 0.5) is 0 Å². The van der Waals surface area contributed by atoms with E-state index in [0.717, 1.165) is 16.5 Å². The lowest BCUT2D eigenvalue weighted by Gasteiger charge is -1.91. The molecule has 0 aliphatic rings. The van der Waals surface area contributed by atoms with E-state index in [4.69, 9.17) is 23.2 Å². The van der Waals surface area contributed by atoms with E-state index in [-0.39, 0.29) is 0 Å². The van der Waals surface area contributed by atoms with Gasteiger partial charge in [-0.2, -0.15) is 0 Å².